The van der Waals surface area contributed by atoms with Crippen molar-refractivity contribution in [2.75, 3.05) is 13.7 Å². The maximum Gasteiger partial charge on any atom is 0.340 e. The molecule has 2 rings (SSSR count). The third-order valence-electron chi connectivity index (χ3n) is 4.29. The third-order valence-corrected chi connectivity index (χ3v) is 4.29. The highest BCUT2D eigenvalue weighted by Crippen LogP contribution is 2.20. The Balaban J connectivity index is 1.93. The van der Waals surface area contributed by atoms with Crippen molar-refractivity contribution in [3.63, 3.8) is 0 Å². The Morgan fingerprint density at radius 1 is 1.19 bits per heavy atom. The molecule has 0 atom stereocenters. The van der Waals surface area contributed by atoms with Crippen LogP contribution in [0.25, 0.3) is 0 Å². The normalized spacial score (nSPS) is 10.5. The molecule has 140 valence electrons. The Bertz CT molecular complexity index is 780. The zero-order valence-electron chi connectivity index (χ0n) is 15.8. The van der Waals surface area contributed by atoms with E-state index < -0.39 is 0 Å². The van der Waals surface area contributed by atoms with Gasteiger partial charge < -0.3 is 19.8 Å². The van der Waals surface area contributed by atoms with Gasteiger partial charge in [-0.1, -0.05) is 18.2 Å². The average Bonchev–Trinajstić information content (AvgIpc) is 2.92. The number of aromatic amines is 1. The molecule has 1 heterocycles. The molecule has 1 aromatic heterocycles. The minimum absolute atomic E-state index is 0.0553. The first kappa shape index (κ1) is 19.6. The average molecular weight is 358 g/mol. The van der Waals surface area contributed by atoms with Crippen molar-refractivity contribution in [3.8, 4) is 5.75 Å². The lowest BCUT2D eigenvalue weighted by Crippen LogP contribution is -2.23. The van der Waals surface area contributed by atoms with Gasteiger partial charge in [0.25, 0.3) is 0 Å². The Morgan fingerprint density at radius 2 is 1.92 bits per heavy atom. The monoisotopic (exact) mass is 358 g/mol. The van der Waals surface area contributed by atoms with E-state index in [1.165, 1.54) is 0 Å². The molecule has 0 radical (unpaired) electrons. The van der Waals surface area contributed by atoms with Crippen LogP contribution in [0.5, 0.6) is 5.75 Å². The van der Waals surface area contributed by atoms with E-state index in [2.05, 4.69) is 10.3 Å². The summed E-state index contributed by atoms with van der Waals surface area (Å²) in [6.07, 6.45) is 0.863. The van der Waals surface area contributed by atoms with Crippen molar-refractivity contribution in [1.29, 1.82) is 0 Å². The predicted octanol–water partition coefficient (Wildman–Crippen LogP) is 3.07. The number of para-hydroxylation sites is 1. The number of aryl methyl sites for hydroxylation is 2. The van der Waals surface area contributed by atoms with Crippen molar-refractivity contribution >= 4 is 11.9 Å². The van der Waals surface area contributed by atoms with Gasteiger partial charge in [0.1, 0.15) is 5.75 Å². The second kappa shape index (κ2) is 9.08. The van der Waals surface area contributed by atoms with E-state index in [9.17, 15) is 9.59 Å². The van der Waals surface area contributed by atoms with E-state index in [4.69, 9.17) is 9.47 Å². The summed E-state index contributed by atoms with van der Waals surface area (Å²) < 4.78 is 10.4. The van der Waals surface area contributed by atoms with Gasteiger partial charge in [0, 0.05) is 29.9 Å². The van der Waals surface area contributed by atoms with Crippen molar-refractivity contribution in [2.24, 2.45) is 0 Å². The molecule has 0 aliphatic rings. The molecule has 0 aliphatic heterocycles. The third kappa shape index (κ3) is 4.65. The maximum absolute atomic E-state index is 12.2. The molecule has 6 nitrogen and oxygen atoms in total. The highest BCUT2D eigenvalue weighted by molar-refractivity contribution is 5.92. The van der Waals surface area contributed by atoms with Crippen LogP contribution in [0.15, 0.2) is 24.3 Å². The SMILES string of the molecule is CCOC(=O)c1c(C)[nH]c(CCC(=O)NCc2ccccc2OC)c1C. The number of carbonyl (C=O) groups excluding carboxylic acids is 2. The quantitative estimate of drug-likeness (QED) is 0.711. The fourth-order valence-corrected chi connectivity index (χ4v) is 2.94. The summed E-state index contributed by atoms with van der Waals surface area (Å²) in [5.74, 6) is 0.369. The van der Waals surface area contributed by atoms with Crippen molar-refractivity contribution < 1.29 is 19.1 Å². The fourth-order valence-electron chi connectivity index (χ4n) is 2.94. The number of hydrogen-bond acceptors (Lipinski definition) is 4. The van der Waals surface area contributed by atoms with Crippen LogP contribution in [0.4, 0.5) is 0 Å². The smallest absolute Gasteiger partial charge is 0.340 e. The number of benzene rings is 1. The van der Waals surface area contributed by atoms with Gasteiger partial charge >= 0.3 is 5.97 Å². The number of aromatic nitrogens is 1. The minimum atomic E-state index is -0.328. The van der Waals surface area contributed by atoms with Crippen LogP contribution >= 0.6 is 0 Å². The second-order valence-electron chi connectivity index (χ2n) is 6.04. The zero-order chi connectivity index (χ0) is 19.1. The summed E-state index contributed by atoms with van der Waals surface area (Å²) in [5.41, 5.74) is 4.00. The van der Waals surface area contributed by atoms with Gasteiger partial charge in [0.05, 0.1) is 19.3 Å². The zero-order valence-corrected chi connectivity index (χ0v) is 15.8. The highest BCUT2D eigenvalue weighted by Gasteiger charge is 2.19. The molecule has 0 bridgehead atoms. The van der Waals surface area contributed by atoms with Gasteiger partial charge in [-0.3, -0.25) is 4.79 Å². The van der Waals surface area contributed by atoms with E-state index >= 15 is 0 Å². The first-order chi connectivity index (χ1) is 12.5. The van der Waals surface area contributed by atoms with Crippen molar-refractivity contribution in [2.45, 2.75) is 40.2 Å². The largest absolute Gasteiger partial charge is 0.496 e. The number of hydrogen-bond donors (Lipinski definition) is 2. The van der Waals surface area contributed by atoms with Gasteiger partial charge in [-0.2, -0.15) is 0 Å². The lowest BCUT2D eigenvalue weighted by molar-refractivity contribution is -0.121. The second-order valence-corrected chi connectivity index (χ2v) is 6.04. The molecule has 0 unspecified atom stereocenters. The summed E-state index contributed by atoms with van der Waals surface area (Å²) in [5, 5.41) is 2.90. The molecule has 0 spiro atoms. The van der Waals surface area contributed by atoms with Crippen LogP contribution in [-0.2, 0) is 22.5 Å². The number of rotatable bonds is 8. The van der Waals surface area contributed by atoms with Gasteiger partial charge in [-0.05, 0) is 38.8 Å². The van der Waals surface area contributed by atoms with Crippen LogP contribution in [0, 0.1) is 13.8 Å². The van der Waals surface area contributed by atoms with Gasteiger partial charge in [0.2, 0.25) is 5.91 Å². The van der Waals surface area contributed by atoms with E-state index in [-0.39, 0.29) is 11.9 Å². The molecule has 6 heteroatoms. The molecule has 2 aromatic rings. The van der Waals surface area contributed by atoms with Gasteiger partial charge in [-0.15, -0.1) is 0 Å². The van der Waals surface area contributed by atoms with Crippen LogP contribution in [-0.4, -0.2) is 30.6 Å². The van der Waals surface area contributed by atoms with E-state index in [0.717, 1.165) is 28.3 Å². The van der Waals surface area contributed by atoms with Gasteiger partial charge in [-0.25, -0.2) is 4.79 Å². The Hall–Kier alpha value is -2.76. The molecule has 0 saturated heterocycles. The summed E-state index contributed by atoms with van der Waals surface area (Å²) in [6.45, 7) is 6.24. The number of esters is 1. The molecule has 26 heavy (non-hydrogen) atoms. The fraction of sp³-hybridized carbons (Fsp3) is 0.400. The number of ether oxygens (including phenoxy) is 2. The Morgan fingerprint density at radius 3 is 2.62 bits per heavy atom. The molecule has 2 N–H and O–H groups in total. The number of methoxy groups -OCH3 is 1. The Labute approximate surface area is 153 Å². The summed E-state index contributed by atoms with van der Waals surface area (Å²) in [7, 11) is 1.61. The molecular weight excluding hydrogens is 332 g/mol. The lowest BCUT2D eigenvalue weighted by atomic mass is 10.1. The molecule has 0 fully saturated rings. The lowest BCUT2D eigenvalue weighted by Gasteiger charge is -2.09. The number of amides is 1. The van der Waals surface area contributed by atoms with Crippen LogP contribution in [0.2, 0.25) is 0 Å². The van der Waals surface area contributed by atoms with Crippen molar-refractivity contribution in [1.82, 2.24) is 10.3 Å². The Kier molecular flexibility index (Phi) is 6.83. The van der Waals surface area contributed by atoms with Crippen LogP contribution in [0.1, 0.15) is 46.2 Å². The van der Waals surface area contributed by atoms with Gasteiger partial charge in [0.15, 0.2) is 0 Å². The number of carbonyl (C=O) groups is 2. The number of H-pyrrole nitrogens is 1. The summed E-state index contributed by atoms with van der Waals surface area (Å²) >= 11 is 0. The summed E-state index contributed by atoms with van der Waals surface area (Å²) in [4.78, 5) is 27.4. The minimum Gasteiger partial charge on any atom is -0.496 e. The first-order valence-corrected chi connectivity index (χ1v) is 8.71. The molecule has 0 aliphatic carbocycles. The molecule has 1 aromatic carbocycles. The number of nitrogens with one attached hydrogen (secondary N) is 2. The van der Waals surface area contributed by atoms with Crippen molar-refractivity contribution in [3.05, 3.63) is 52.3 Å². The van der Waals surface area contributed by atoms with E-state index in [1.807, 2.05) is 38.1 Å². The summed E-state index contributed by atoms with van der Waals surface area (Å²) in [6, 6.07) is 7.58. The predicted molar refractivity (Wildman–Crippen MR) is 99.4 cm³/mol. The first-order valence-electron chi connectivity index (χ1n) is 8.71. The maximum atomic E-state index is 12.2. The van der Waals surface area contributed by atoms with Crippen LogP contribution < -0.4 is 10.1 Å². The topological polar surface area (TPSA) is 80.4 Å². The van der Waals surface area contributed by atoms with Crippen LogP contribution in [0.3, 0.4) is 0 Å². The molecule has 1 amide bonds. The highest BCUT2D eigenvalue weighted by atomic mass is 16.5. The standard InChI is InChI=1S/C20H26N2O4/c1-5-26-20(24)19-13(2)16(22-14(19)3)10-11-18(23)21-12-15-8-6-7-9-17(15)25-4/h6-9,22H,5,10-12H2,1-4H3,(H,21,23). The van der Waals surface area contributed by atoms with E-state index in [0.29, 0.717) is 31.6 Å². The molecular formula is C20H26N2O4. The molecule has 0 saturated carbocycles. The van der Waals surface area contributed by atoms with E-state index in [1.54, 1.807) is 14.0 Å².